The summed E-state index contributed by atoms with van der Waals surface area (Å²) in [5, 5.41) is 0. The van der Waals surface area contributed by atoms with Crippen molar-refractivity contribution in [2.45, 2.75) is 63.6 Å². The molecule has 2 aliphatic carbocycles. The number of ketones is 1. The third-order valence-electron chi connectivity index (χ3n) is 5.10. The molecule has 2 aliphatic rings. The van der Waals surface area contributed by atoms with Crippen molar-refractivity contribution in [3.8, 4) is 0 Å². The Bertz CT molecular complexity index is 282. The van der Waals surface area contributed by atoms with Crippen molar-refractivity contribution < 1.29 is 9.22 Å². The molecular formula is C14H26O2Si. The molecule has 17 heavy (non-hydrogen) atoms. The molecule has 0 bridgehead atoms. The molecule has 0 amide bonds. The van der Waals surface area contributed by atoms with E-state index in [4.69, 9.17) is 4.43 Å². The Morgan fingerprint density at radius 3 is 2.29 bits per heavy atom. The predicted octanol–water partition coefficient (Wildman–Crippen LogP) is 3.77. The second-order valence-corrected chi connectivity index (χ2v) is 10.8. The van der Waals surface area contributed by atoms with Gasteiger partial charge >= 0.3 is 0 Å². The normalized spacial score (nSPS) is 31.0. The van der Waals surface area contributed by atoms with E-state index in [9.17, 15) is 4.79 Å². The first kappa shape index (κ1) is 13.3. The van der Waals surface area contributed by atoms with Gasteiger partial charge in [0.1, 0.15) is 5.78 Å². The Kier molecular flexibility index (Phi) is 4.09. The van der Waals surface area contributed by atoms with E-state index in [0.717, 1.165) is 25.7 Å². The molecule has 3 heteroatoms. The lowest BCUT2D eigenvalue weighted by atomic mass is 9.90. The summed E-state index contributed by atoms with van der Waals surface area (Å²) in [4.78, 5) is 12.4. The number of hydrogen-bond acceptors (Lipinski definition) is 2. The van der Waals surface area contributed by atoms with Crippen LogP contribution in [0.1, 0.15) is 44.9 Å². The van der Waals surface area contributed by atoms with Crippen LogP contribution in [0.2, 0.25) is 18.6 Å². The third-order valence-corrected chi connectivity index (χ3v) is 8.64. The van der Waals surface area contributed by atoms with Crippen LogP contribution >= 0.6 is 0 Å². The van der Waals surface area contributed by atoms with Gasteiger partial charge in [-0.05, 0) is 50.7 Å². The lowest BCUT2D eigenvalue weighted by Crippen LogP contribution is -2.34. The summed E-state index contributed by atoms with van der Waals surface area (Å²) in [6, 6.07) is 0. The van der Waals surface area contributed by atoms with E-state index < -0.39 is 8.32 Å². The van der Waals surface area contributed by atoms with E-state index in [2.05, 4.69) is 13.1 Å². The van der Waals surface area contributed by atoms with Crippen LogP contribution in [0.15, 0.2) is 0 Å². The molecule has 0 unspecified atom stereocenters. The number of hydrogen-bond donors (Lipinski definition) is 0. The Morgan fingerprint density at radius 1 is 1.06 bits per heavy atom. The molecule has 0 N–H and O–H groups in total. The molecular weight excluding hydrogens is 228 g/mol. The Morgan fingerprint density at radius 2 is 1.71 bits per heavy atom. The van der Waals surface area contributed by atoms with Gasteiger partial charge in [0.25, 0.3) is 0 Å². The fourth-order valence-electron chi connectivity index (χ4n) is 3.58. The van der Waals surface area contributed by atoms with Crippen LogP contribution in [0.5, 0.6) is 0 Å². The average Bonchev–Trinajstić information content (AvgIpc) is 2.99. The van der Waals surface area contributed by atoms with E-state index in [1.165, 1.54) is 19.3 Å². The molecule has 2 atom stereocenters. The highest BCUT2D eigenvalue weighted by molar-refractivity contribution is 6.72. The highest BCUT2D eigenvalue weighted by atomic mass is 28.4. The molecule has 0 spiro atoms. The maximum atomic E-state index is 12.4. The molecule has 0 radical (unpaired) electrons. The monoisotopic (exact) mass is 254 g/mol. The highest BCUT2D eigenvalue weighted by Gasteiger charge is 2.42. The SMILES string of the molecule is CO[Si](C)(C)[C@@H]1CC[C@@H](C(=O)C2CCCC2)C1. The molecule has 0 saturated heterocycles. The van der Waals surface area contributed by atoms with Gasteiger partial charge in [0.05, 0.1) is 0 Å². The lowest BCUT2D eigenvalue weighted by molar-refractivity contribution is -0.126. The summed E-state index contributed by atoms with van der Waals surface area (Å²) < 4.78 is 5.70. The molecule has 0 aromatic rings. The minimum Gasteiger partial charge on any atom is -0.420 e. The van der Waals surface area contributed by atoms with Gasteiger partial charge in [-0.15, -0.1) is 0 Å². The zero-order valence-electron chi connectivity index (χ0n) is 11.5. The summed E-state index contributed by atoms with van der Waals surface area (Å²) in [7, 11) is 0.322. The van der Waals surface area contributed by atoms with Crippen LogP contribution in [0.4, 0.5) is 0 Å². The maximum Gasteiger partial charge on any atom is 0.189 e. The first-order chi connectivity index (χ1) is 8.04. The van der Waals surface area contributed by atoms with Gasteiger partial charge in [0.15, 0.2) is 8.32 Å². The third kappa shape index (κ3) is 2.82. The van der Waals surface area contributed by atoms with Crippen LogP contribution in [0.25, 0.3) is 0 Å². The zero-order chi connectivity index (χ0) is 12.5. The first-order valence-electron chi connectivity index (χ1n) is 7.13. The van der Waals surface area contributed by atoms with E-state index in [1.807, 2.05) is 7.11 Å². The van der Waals surface area contributed by atoms with Crippen molar-refractivity contribution in [1.29, 1.82) is 0 Å². The molecule has 0 aliphatic heterocycles. The molecule has 98 valence electrons. The number of carbonyl (C=O) groups is 1. The number of rotatable bonds is 4. The van der Waals surface area contributed by atoms with Gasteiger partial charge in [-0.25, -0.2) is 0 Å². The van der Waals surface area contributed by atoms with E-state index in [1.54, 1.807) is 0 Å². The smallest absolute Gasteiger partial charge is 0.189 e. The molecule has 2 nitrogen and oxygen atoms in total. The summed E-state index contributed by atoms with van der Waals surface area (Å²) >= 11 is 0. The van der Waals surface area contributed by atoms with Crippen molar-refractivity contribution in [2.24, 2.45) is 11.8 Å². The minimum absolute atomic E-state index is 0.366. The lowest BCUT2D eigenvalue weighted by Gasteiger charge is -2.27. The summed E-state index contributed by atoms with van der Waals surface area (Å²) in [6.45, 7) is 4.58. The second kappa shape index (κ2) is 5.23. The van der Waals surface area contributed by atoms with Gasteiger partial charge < -0.3 is 4.43 Å². The minimum atomic E-state index is -1.52. The molecule has 0 aromatic heterocycles. The average molecular weight is 254 g/mol. The Labute approximate surface area is 106 Å². The largest absolute Gasteiger partial charge is 0.420 e. The van der Waals surface area contributed by atoms with E-state index >= 15 is 0 Å². The van der Waals surface area contributed by atoms with Crippen LogP contribution in [0, 0.1) is 11.8 Å². The quantitative estimate of drug-likeness (QED) is 0.714. The standard InChI is InChI=1S/C14H26O2Si/c1-16-17(2,3)13-9-8-12(10-13)14(15)11-6-4-5-7-11/h11-13H,4-10H2,1-3H3/t12-,13-/m1/s1. The van der Waals surface area contributed by atoms with Crippen LogP contribution < -0.4 is 0 Å². The molecule has 2 fully saturated rings. The van der Waals surface area contributed by atoms with Gasteiger partial charge in [0, 0.05) is 18.9 Å². The Balaban J connectivity index is 1.91. The van der Waals surface area contributed by atoms with Crippen molar-refractivity contribution in [1.82, 2.24) is 0 Å². The summed E-state index contributed by atoms with van der Waals surface area (Å²) in [5.41, 5.74) is 0.697. The van der Waals surface area contributed by atoms with E-state index in [-0.39, 0.29) is 0 Å². The van der Waals surface area contributed by atoms with Crippen molar-refractivity contribution >= 4 is 14.1 Å². The zero-order valence-corrected chi connectivity index (χ0v) is 12.5. The molecule has 0 heterocycles. The number of carbonyl (C=O) groups excluding carboxylic acids is 1. The fourth-order valence-corrected chi connectivity index (χ4v) is 5.63. The molecule has 2 rings (SSSR count). The van der Waals surface area contributed by atoms with Gasteiger partial charge in [-0.1, -0.05) is 12.8 Å². The van der Waals surface area contributed by atoms with Crippen LogP contribution in [-0.4, -0.2) is 21.2 Å². The second-order valence-electron chi connectivity index (χ2n) is 6.40. The van der Waals surface area contributed by atoms with Crippen LogP contribution in [0.3, 0.4) is 0 Å². The molecule has 2 saturated carbocycles. The highest BCUT2D eigenvalue weighted by Crippen LogP contribution is 2.44. The number of Topliss-reactive ketones (excluding diaryl/α,β-unsaturated/α-hetero) is 1. The first-order valence-corrected chi connectivity index (χ1v) is 10.1. The summed E-state index contributed by atoms with van der Waals surface area (Å²) in [6.07, 6.45) is 8.31. The van der Waals surface area contributed by atoms with Crippen molar-refractivity contribution in [2.75, 3.05) is 7.11 Å². The van der Waals surface area contributed by atoms with Crippen LogP contribution in [-0.2, 0) is 9.22 Å². The summed E-state index contributed by atoms with van der Waals surface area (Å²) in [5.74, 6) is 1.36. The van der Waals surface area contributed by atoms with Crippen molar-refractivity contribution in [3.63, 3.8) is 0 Å². The topological polar surface area (TPSA) is 26.3 Å². The fraction of sp³-hybridized carbons (Fsp3) is 0.929. The Hall–Kier alpha value is -0.153. The van der Waals surface area contributed by atoms with Crippen molar-refractivity contribution in [3.05, 3.63) is 0 Å². The predicted molar refractivity (Wildman–Crippen MR) is 72.5 cm³/mol. The van der Waals surface area contributed by atoms with E-state index in [0.29, 0.717) is 23.2 Å². The maximum absolute atomic E-state index is 12.4. The van der Waals surface area contributed by atoms with Gasteiger partial charge in [-0.3, -0.25) is 4.79 Å². The van der Waals surface area contributed by atoms with Gasteiger partial charge in [-0.2, -0.15) is 0 Å². The van der Waals surface area contributed by atoms with Gasteiger partial charge in [0.2, 0.25) is 0 Å². The molecule has 0 aromatic carbocycles.